The van der Waals surface area contributed by atoms with Gasteiger partial charge in [-0.25, -0.2) is 4.39 Å². The van der Waals surface area contributed by atoms with Crippen molar-refractivity contribution in [2.24, 2.45) is 5.41 Å². The van der Waals surface area contributed by atoms with Gasteiger partial charge in [0, 0.05) is 23.4 Å². The van der Waals surface area contributed by atoms with Gasteiger partial charge in [-0.15, -0.1) is 0 Å². The van der Waals surface area contributed by atoms with E-state index in [-0.39, 0.29) is 17.3 Å². The molecule has 1 aliphatic rings. The van der Waals surface area contributed by atoms with Crippen molar-refractivity contribution in [2.75, 3.05) is 18.6 Å². The van der Waals surface area contributed by atoms with Gasteiger partial charge in [0.25, 0.3) is 0 Å². The minimum atomic E-state index is -0.216. The van der Waals surface area contributed by atoms with Crippen LogP contribution >= 0.6 is 11.8 Å². The molecule has 2 atom stereocenters. The van der Waals surface area contributed by atoms with Gasteiger partial charge >= 0.3 is 0 Å². The highest BCUT2D eigenvalue weighted by Gasteiger charge is 2.33. The Morgan fingerprint density at radius 3 is 2.85 bits per heavy atom. The molecule has 0 bridgehead atoms. The normalized spacial score (nSPS) is 23.4. The molecule has 0 saturated carbocycles. The fourth-order valence-corrected chi connectivity index (χ4v) is 4.27. The Morgan fingerprint density at radius 2 is 2.20 bits per heavy atom. The number of rotatable bonds is 4. The van der Waals surface area contributed by atoms with Gasteiger partial charge in [0.1, 0.15) is 11.6 Å². The summed E-state index contributed by atoms with van der Waals surface area (Å²) in [6.07, 6.45) is 1.21. The largest absolute Gasteiger partial charge is 0.496 e. The summed E-state index contributed by atoms with van der Waals surface area (Å²) in [5.41, 5.74) is 1.17. The molecule has 2 nitrogen and oxygen atoms in total. The van der Waals surface area contributed by atoms with Gasteiger partial charge < -0.3 is 10.1 Å². The number of nitrogens with one attached hydrogen (secondary N) is 1. The maximum Gasteiger partial charge on any atom is 0.123 e. The van der Waals surface area contributed by atoms with Crippen molar-refractivity contribution >= 4 is 11.8 Å². The smallest absolute Gasteiger partial charge is 0.123 e. The number of thioether (sulfide) groups is 1. The molecular weight excluding hydrogens is 273 g/mol. The fraction of sp³-hybridized carbons (Fsp3) is 0.625. The Kier molecular flexibility index (Phi) is 4.97. The van der Waals surface area contributed by atoms with Crippen LogP contribution in [0.15, 0.2) is 18.2 Å². The molecule has 0 spiro atoms. The summed E-state index contributed by atoms with van der Waals surface area (Å²) < 4.78 is 18.8. The lowest BCUT2D eigenvalue weighted by Gasteiger charge is -2.40. The van der Waals surface area contributed by atoms with Crippen LogP contribution in [0.25, 0.3) is 0 Å². The van der Waals surface area contributed by atoms with E-state index in [1.54, 1.807) is 19.2 Å². The van der Waals surface area contributed by atoms with Crippen molar-refractivity contribution in [1.29, 1.82) is 0 Å². The van der Waals surface area contributed by atoms with E-state index in [0.29, 0.717) is 6.04 Å². The predicted molar refractivity (Wildman–Crippen MR) is 84.0 cm³/mol. The molecule has 4 heteroatoms. The van der Waals surface area contributed by atoms with E-state index in [1.807, 2.05) is 11.8 Å². The van der Waals surface area contributed by atoms with Crippen LogP contribution in [0.5, 0.6) is 5.75 Å². The molecule has 0 aliphatic carbocycles. The van der Waals surface area contributed by atoms with E-state index in [0.717, 1.165) is 17.1 Å². The monoisotopic (exact) mass is 297 g/mol. The third-order valence-electron chi connectivity index (χ3n) is 4.23. The molecular formula is C16H24FNOS. The third kappa shape index (κ3) is 3.47. The number of ether oxygens (including phenoxy) is 1. The zero-order valence-electron chi connectivity index (χ0n) is 12.7. The van der Waals surface area contributed by atoms with Crippen LogP contribution in [0.4, 0.5) is 4.39 Å². The van der Waals surface area contributed by atoms with Crippen LogP contribution in [-0.2, 0) is 0 Å². The van der Waals surface area contributed by atoms with Crippen LogP contribution in [0.2, 0.25) is 0 Å². The van der Waals surface area contributed by atoms with Gasteiger partial charge in [0.2, 0.25) is 0 Å². The van der Waals surface area contributed by atoms with Crippen LogP contribution in [0.3, 0.4) is 0 Å². The lowest BCUT2D eigenvalue weighted by atomic mass is 9.81. The minimum absolute atomic E-state index is 0.0728. The Hall–Kier alpha value is -0.740. The van der Waals surface area contributed by atoms with Gasteiger partial charge in [-0.2, -0.15) is 11.8 Å². The molecule has 1 fully saturated rings. The zero-order chi connectivity index (χ0) is 14.8. The number of hydrogen-bond acceptors (Lipinski definition) is 3. The van der Waals surface area contributed by atoms with E-state index in [9.17, 15) is 4.39 Å². The van der Waals surface area contributed by atoms with Crippen molar-refractivity contribution in [3.8, 4) is 5.75 Å². The lowest BCUT2D eigenvalue weighted by Crippen LogP contribution is -2.47. The molecule has 1 aromatic rings. The Balaban J connectivity index is 2.15. The minimum Gasteiger partial charge on any atom is -0.496 e. The van der Waals surface area contributed by atoms with Crippen LogP contribution < -0.4 is 10.1 Å². The predicted octanol–water partition coefficient (Wildman–Crippen LogP) is 4.02. The number of methoxy groups -OCH3 is 1. The molecule has 1 aliphatic heterocycles. The van der Waals surface area contributed by atoms with Crippen molar-refractivity contribution in [1.82, 2.24) is 5.32 Å². The van der Waals surface area contributed by atoms with E-state index in [1.165, 1.54) is 18.2 Å². The first kappa shape index (κ1) is 15.6. The van der Waals surface area contributed by atoms with E-state index >= 15 is 0 Å². The van der Waals surface area contributed by atoms with Crippen molar-refractivity contribution in [2.45, 2.75) is 39.3 Å². The molecule has 1 N–H and O–H groups in total. The van der Waals surface area contributed by atoms with Crippen molar-refractivity contribution in [3.05, 3.63) is 29.6 Å². The summed E-state index contributed by atoms with van der Waals surface area (Å²) in [7, 11) is 1.63. The molecule has 0 radical (unpaired) electrons. The van der Waals surface area contributed by atoms with E-state index in [2.05, 4.69) is 26.1 Å². The average Bonchev–Trinajstić information content (AvgIpc) is 2.41. The first-order chi connectivity index (χ1) is 9.44. The van der Waals surface area contributed by atoms with Gasteiger partial charge in [0.15, 0.2) is 0 Å². The van der Waals surface area contributed by atoms with E-state index < -0.39 is 0 Å². The Labute approximate surface area is 125 Å². The number of hydrogen-bond donors (Lipinski definition) is 1. The molecule has 20 heavy (non-hydrogen) atoms. The second kappa shape index (κ2) is 6.35. The number of halogens is 1. The zero-order valence-corrected chi connectivity index (χ0v) is 13.5. The van der Waals surface area contributed by atoms with E-state index in [4.69, 9.17) is 4.74 Å². The highest BCUT2D eigenvalue weighted by atomic mass is 32.2. The van der Waals surface area contributed by atoms with Crippen LogP contribution in [-0.4, -0.2) is 24.7 Å². The van der Waals surface area contributed by atoms with Gasteiger partial charge in [-0.3, -0.25) is 0 Å². The maximum absolute atomic E-state index is 13.5. The van der Waals surface area contributed by atoms with Gasteiger partial charge in [0.05, 0.1) is 7.11 Å². The molecule has 1 heterocycles. The molecule has 2 unspecified atom stereocenters. The SMILES string of the molecule is COc1ccc(F)cc1C(C)NC1CSCCC1(C)C. The average molecular weight is 297 g/mol. The molecule has 1 saturated heterocycles. The highest BCUT2D eigenvalue weighted by molar-refractivity contribution is 7.99. The lowest BCUT2D eigenvalue weighted by molar-refractivity contribution is 0.230. The molecule has 1 aromatic carbocycles. The molecule has 112 valence electrons. The Bertz CT molecular complexity index is 464. The maximum atomic E-state index is 13.5. The summed E-state index contributed by atoms with van der Waals surface area (Å²) >= 11 is 1.99. The van der Waals surface area contributed by atoms with Gasteiger partial charge in [-0.1, -0.05) is 13.8 Å². The first-order valence-corrected chi connectivity index (χ1v) is 8.27. The van der Waals surface area contributed by atoms with Crippen molar-refractivity contribution in [3.63, 3.8) is 0 Å². The third-order valence-corrected chi connectivity index (χ3v) is 5.29. The van der Waals surface area contributed by atoms with Crippen LogP contribution in [0, 0.1) is 11.2 Å². The molecule has 2 rings (SSSR count). The fourth-order valence-electron chi connectivity index (χ4n) is 2.65. The molecule has 0 amide bonds. The second-order valence-electron chi connectivity index (χ2n) is 6.14. The first-order valence-electron chi connectivity index (χ1n) is 7.11. The quantitative estimate of drug-likeness (QED) is 0.907. The summed E-state index contributed by atoms with van der Waals surface area (Å²) in [6.45, 7) is 6.69. The summed E-state index contributed by atoms with van der Waals surface area (Å²) in [4.78, 5) is 0. The van der Waals surface area contributed by atoms with Crippen molar-refractivity contribution < 1.29 is 9.13 Å². The van der Waals surface area contributed by atoms with Gasteiger partial charge in [-0.05, 0) is 42.7 Å². The topological polar surface area (TPSA) is 21.3 Å². The summed E-state index contributed by atoms with van der Waals surface area (Å²) in [6, 6.07) is 5.21. The molecule has 0 aromatic heterocycles. The number of benzene rings is 1. The standard InChI is InChI=1S/C16H24FNOS/c1-11(13-9-12(17)5-6-14(13)19-4)18-15-10-20-8-7-16(15,2)3/h5-6,9,11,15,18H,7-8,10H2,1-4H3. The Morgan fingerprint density at radius 1 is 1.45 bits per heavy atom. The van der Waals surface area contributed by atoms with Crippen LogP contribution in [0.1, 0.15) is 38.8 Å². The second-order valence-corrected chi connectivity index (χ2v) is 7.29. The summed E-state index contributed by atoms with van der Waals surface area (Å²) in [5.74, 6) is 2.86. The highest BCUT2D eigenvalue weighted by Crippen LogP contribution is 2.36. The summed E-state index contributed by atoms with van der Waals surface area (Å²) in [5, 5.41) is 3.66.